The molecule has 3 aromatic carbocycles. The molecule has 3 aromatic rings. The van der Waals surface area contributed by atoms with Gasteiger partial charge in [0.05, 0.1) is 18.2 Å². The molecule has 1 heterocycles. The van der Waals surface area contributed by atoms with Crippen molar-refractivity contribution in [2.75, 3.05) is 6.61 Å². The number of hydrogen-bond donors (Lipinski definition) is 2. The van der Waals surface area contributed by atoms with Crippen molar-refractivity contribution in [3.8, 4) is 17.2 Å². The highest BCUT2D eigenvalue weighted by molar-refractivity contribution is 6.46. The lowest BCUT2D eigenvalue weighted by molar-refractivity contribution is -0.140. The van der Waals surface area contributed by atoms with Gasteiger partial charge in [-0.2, -0.15) is 0 Å². The fraction of sp³-hybridized carbons (Fsp3) is 0.333. The van der Waals surface area contributed by atoms with Crippen LogP contribution in [0.25, 0.3) is 5.76 Å². The molecule has 1 fully saturated rings. The van der Waals surface area contributed by atoms with E-state index in [1.54, 1.807) is 30.3 Å². The van der Waals surface area contributed by atoms with Gasteiger partial charge in [-0.1, -0.05) is 38.1 Å². The number of nitrogens with zero attached hydrogens (tertiary/aromatic N) is 1. The van der Waals surface area contributed by atoms with Crippen LogP contribution >= 0.6 is 0 Å². The molecule has 7 heteroatoms. The van der Waals surface area contributed by atoms with Gasteiger partial charge in [-0.3, -0.25) is 9.59 Å². The van der Waals surface area contributed by atoms with E-state index in [9.17, 15) is 19.8 Å². The molecule has 1 atom stereocenters. The molecule has 4 rings (SSSR count). The van der Waals surface area contributed by atoms with Gasteiger partial charge in [-0.15, -0.1) is 0 Å². The van der Waals surface area contributed by atoms with Gasteiger partial charge in [0.15, 0.2) is 0 Å². The molecule has 0 aliphatic carbocycles. The number of aliphatic hydroxyl groups is 1. The third-order valence-corrected chi connectivity index (χ3v) is 6.47. The number of ether oxygens (including phenoxy) is 2. The molecule has 0 radical (unpaired) electrons. The molecule has 0 bridgehead atoms. The Labute approximate surface area is 235 Å². The summed E-state index contributed by atoms with van der Waals surface area (Å²) in [7, 11) is 0. The van der Waals surface area contributed by atoms with Crippen molar-refractivity contribution in [3.05, 3.63) is 94.6 Å². The van der Waals surface area contributed by atoms with Crippen LogP contribution in [0.1, 0.15) is 62.9 Å². The zero-order valence-corrected chi connectivity index (χ0v) is 23.9. The van der Waals surface area contributed by atoms with Crippen molar-refractivity contribution in [1.29, 1.82) is 0 Å². The van der Waals surface area contributed by atoms with Crippen molar-refractivity contribution in [3.63, 3.8) is 0 Å². The number of aryl methyl sites for hydroxylation is 1. The van der Waals surface area contributed by atoms with Crippen LogP contribution in [0.15, 0.2) is 72.3 Å². The lowest BCUT2D eigenvalue weighted by Gasteiger charge is -2.26. The molecule has 1 amide bonds. The number of hydrogen-bond acceptors (Lipinski definition) is 6. The van der Waals surface area contributed by atoms with Crippen molar-refractivity contribution in [2.24, 2.45) is 5.92 Å². The predicted octanol–water partition coefficient (Wildman–Crippen LogP) is 6.53. The topological polar surface area (TPSA) is 96.3 Å². The van der Waals surface area contributed by atoms with Crippen LogP contribution < -0.4 is 9.47 Å². The molecule has 0 spiro atoms. The standard InChI is InChI=1S/C33H37NO6/c1-20(2)19-39-27-16-11-24(17-21(27)3)30(36)28-29(23-9-12-25(35)13-10-23)34(32(38)31(28)37)18-22-7-14-26(15-8-22)40-33(4,5)6/h7-17,20,29,35-36H,18-19H2,1-6H3/b30-28-. The number of amides is 1. The molecule has 1 aliphatic heterocycles. The number of aromatic hydroxyl groups is 1. The quantitative estimate of drug-likeness (QED) is 0.190. The number of carbonyl (C=O) groups excluding carboxylic acids is 2. The van der Waals surface area contributed by atoms with E-state index in [1.807, 2.05) is 52.0 Å². The van der Waals surface area contributed by atoms with E-state index in [-0.39, 0.29) is 29.2 Å². The summed E-state index contributed by atoms with van der Waals surface area (Å²) in [5.74, 6) is 0.0821. The minimum atomic E-state index is -0.844. The molecular weight excluding hydrogens is 506 g/mol. The third kappa shape index (κ3) is 6.47. The van der Waals surface area contributed by atoms with Gasteiger partial charge in [0.25, 0.3) is 11.7 Å². The van der Waals surface area contributed by atoms with Gasteiger partial charge >= 0.3 is 0 Å². The Balaban J connectivity index is 1.73. The first kappa shape index (κ1) is 28.7. The highest BCUT2D eigenvalue weighted by Crippen LogP contribution is 2.41. The molecule has 7 nitrogen and oxygen atoms in total. The minimum Gasteiger partial charge on any atom is -0.508 e. The third-order valence-electron chi connectivity index (χ3n) is 6.47. The Hall–Kier alpha value is -4.26. The largest absolute Gasteiger partial charge is 0.508 e. The van der Waals surface area contributed by atoms with Crippen LogP contribution in [-0.2, 0) is 16.1 Å². The Morgan fingerprint density at radius 2 is 1.62 bits per heavy atom. The summed E-state index contributed by atoms with van der Waals surface area (Å²) in [5.41, 5.74) is 2.27. The highest BCUT2D eigenvalue weighted by atomic mass is 16.5. The first-order valence-electron chi connectivity index (χ1n) is 13.4. The molecule has 40 heavy (non-hydrogen) atoms. The average molecular weight is 544 g/mol. The van der Waals surface area contributed by atoms with Crippen molar-refractivity contribution in [2.45, 2.75) is 59.7 Å². The summed E-state index contributed by atoms with van der Waals surface area (Å²) in [5, 5.41) is 21.3. The maximum atomic E-state index is 13.4. The second-order valence-electron chi connectivity index (χ2n) is 11.6. The number of ketones is 1. The fourth-order valence-corrected chi connectivity index (χ4v) is 4.63. The first-order valence-corrected chi connectivity index (χ1v) is 13.4. The molecule has 1 saturated heterocycles. The van der Waals surface area contributed by atoms with E-state index in [1.165, 1.54) is 17.0 Å². The maximum Gasteiger partial charge on any atom is 0.295 e. The number of carbonyl (C=O) groups is 2. The molecule has 210 valence electrons. The number of benzene rings is 3. The van der Waals surface area contributed by atoms with Crippen LogP contribution in [0.5, 0.6) is 17.2 Å². The lowest BCUT2D eigenvalue weighted by Crippen LogP contribution is -2.29. The second kappa shape index (κ2) is 11.5. The zero-order chi connectivity index (χ0) is 29.2. The number of Topliss-reactive ketones (excluding diaryl/α,β-unsaturated/α-hetero) is 1. The summed E-state index contributed by atoms with van der Waals surface area (Å²) in [4.78, 5) is 28.2. The Morgan fingerprint density at radius 1 is 0.975 bits per heavy atom. The van der Waals surface area contributed by atoms with Crippen LogP contribution in [0.4, 0.5) is 0 Å². The molecule has 1 unspecified atom stereocenters. The van der Waals surface area contributed by atoms with E-state index >= 15 is 0 Å². The number of phenolic OH excluding ortho intramolecular Hbond substituents is 1. The van der Waals surface area contributed by atoms with Crippen LogP contribution in [0.2, 0.25) is 0 Å². The zero-order valence-electron chi connectivity index (χ0n) is 23.9. The van der Waals surface area contributed by atoms with Gasteiger partial charge in [-0.25, -0.2) is 0 Å². The van der Waals surface area contributed by atoms with E-state index in [0.29, 0.717) is 35.2 Å². The van der Waals surface area contributed by atoms with Crippen molar-refractivity contribution in [1.82, 2.24) is 4.90 Å². The molecular formula is C33H37NO6. The number of aliphatic hydroxyl groups excluding tert-OH is 1. The number of rotatable bonds is 8. The van der Waals surface area contributed by atoms with E-state index in [0.717, 1.165) is 11.1 Å². The van der Waals surface area contributed by atoms with Gasteiger partial charge in [0, 0.05) is 12.1 Å². The summed E-state index contributed by atoms with van der Waals surface area (Å²) in [6, 6.07) is 18.0. The van der Waals surface area contributed by atoms with Gasteiger partial charge in [-0.05, 0) is 92.8 Å². The number of likely N-dealkylation sites (tertiary alicyclic amines) is 1. The lowest BCUT2D eigenvalue weighted by atomic mass is 9.94. The molecule has 0 aromatic heterocycles. The minimum absolute atomic E-state index is 0.00127. The maximum absolute atomic E-state index is 13.4. The Morgan fingerprint density at radius 3 is 2.20 bits per heavy atom. The average Bonchev–Trinajstić information content (AvgIpc) is 3.13. The Kier molecular flexibility index (Phi) is 8.24. The fourth-order valence-electron chi connectivity index (χ4n) is 4.63. The summed E-state index contributed by atoms with van der Waals surface area (Å²) in [6.45, 7) is 12.6. The SMILES string of the molecule is Cc1cc(/C(O)=C2/C(=O)C(=O)N(Cc3ccc(OC(C)(C)C)cc3)C2c2ccc(O)cc2)ccc1OCC(C)C. The van der Waals surface area contributed by atoms with Gasteiger partial charge in [0.2, 0.25) is 0 Å². The van der Waals surface area contributed by atoms with Crippen LogP contribution in [0, 0.1) is 12.8 Å². The van der Waals surface area contributed by atoms with E-state index < -0.39 is 17.7 Å². The number of phenols is 1. The van der Waals surface area contributed by atoms with Crippen LogP contribution in [-0.4, -0.2) is 39.0 Å². The monoisotopic (exact) mass is 543 g/mol. The molecule has 2 N–H and O–H groups in total. The molecule has 0 saturated carbocycles. The second-order valence-corrected chi connectivity index (χ2v) is 11.6. The summed E-state index contributed by atoms with van der Waals surface area (Å²) >= 11 is 0. The normalized spacial score (nSPS) is 17.0. The highest BCUT2D eigenvalue weighted by Gasteiger charge is 2.46. The Bertz CT molecular complexity index is 1410. The predicted molar refractivity (Wildman–Crippen MR) is 154 cm³/mol. The van der Waals surface area contributed by atoms with Gasteiger partial charge < -0.3 is 24.6 Å². The van der Waals surface area contributed by atoms with E-state index in [4.69, 9.17) is 9.47 Å². The van der Waals surface area contributed by atoms with E-state index in [2.05, 4.69) is 13.8 Å². The van der Waals surface area contributed by atoms with Crippen molar-refractivity contribution < 1.29 is 29.3 Å². The summed E-state index contributed by atoms with van der Waals surface area (Å²) < 4.78 is 11.8. The first-order chi connectivity index (χ1) is 18.8. The molecule has 1 aliphatic rings. The van der Waals surface area contributed by atoms with Crippen LogP contribution in [0.3, 0.4) is 0 Å². The smallest absolute Gasteiger partial charge is 0.295 e. The van der Waals surface area contributed by atoms with Crippen molar-refractivity contribution >= 4 is 17.4 Å². The summed E-state index contributed by atoms with van der Waals surface area (Å²) in [6.07, 6.45) is 0. The van der Waals surface area contributed by atoms with Gasteiger partial charge in [0.1, 0.15) is 28.6 Å².